The summed E-state index contributed by atoms with van der Waals surface area (Å²) in [6, 6.07) is 22.2. The largest absolute Gasteiger partial charge is 0.494 e. The number of sulfonamides is 1. The average molecular weight is 547 g/mol. The minimum Gasteiger partial charge on any atom is -0.494 e. The van der Waals surface area contributed by atoms with Crippen molar-refractivity contribution >= 4 is 39.1 Å². The third-order valence-corrected chi connectivity index (χ3v) is 8.58. The maximum absolute atomic E-state index is 13.6. The summed E-state index contributed by atoms with van der Waals surface area (Å²) in [5, 5.41) is 3.15. The van der Waals surface area contributed by atoms with Gasteiger partial charge in [0.15, 0.2) is 5.16 Å². The van der Waals surface area contributed by atoms with Crippen LogP contribution in [-0.2, 0) is 21.4 Å². The molecule has 4 aromatic rings. The molecule has 0 spiro atoms. The zero-order valence-electron chi connectivity index (χ0n) is 20.9. The van der Waals surface area contributed by atoms with Crippen molar-refractivity contribution in [3.8, 4) is 17.0 Å². The van der Waals surface area contributed by atoms with Crippen LogP contribution >= 0.6 is 11.8 Å². The quantitative estimate of drug-likeness (QED) is 0.237. The molecule has 8 nitrogen and oxygen atoms in total. The number of fused-ring (bicyclic) bond motifs is 3. The van der Waals surface area contributed by atoms with E-state index >= 15 is 0 Å². The van der Waals surface area contributed by atoms with E-state index in [9.17, 15) is 13.2 Å². The van der Waals surface area contributed by atoms with E-state index in [0.29, 0.717) is 34.4 Å². The zero-order valence-corrected chi connectivity index (χ0v) is 22.6. The predicted octanol–water partition coefficient (Wildman–Crippen LogP) is 5.29. The van der Waals surface area contributed by atoms with Crippen LogP contribution in [0.3, 0.4) is 0 Å². The van der Waals surface area contributed by atoms with E-state index in [4.69, 9.17) is 4.74 Å². The third-order valence-electron chi connectivity index (χ3n) is 5.96. The average Bonchev–Trinajstić information content (AvgIpc) is 2.92. The van der Waals surface area contributed by atoms with Gasteiger partial charge in [-0.05, 0) is 49.7 Å². The van der Waals surface area contributed by atoms with E-state index in [0.717, 1.165) is 28.6 Å². The molecular formula is C28H26N4O4S2. The number of hydrogen-bond acceptors (Lipinski definition) is 7. The monoisotopic (exact) mass is 546 g/mol. The summed E-state index contributed by atoms with van der Waals surface area (Å²) in [5.41, 5.74) is 4.23. The molecule has 1 aromatic heterocycles. The molecule has 1 N–H and O–H groups in total. The first kappa shape index (κ1) is 25.7. The second kappa shape index (κ2) is 10.8. The Morgan fingerprint density at radius 2 is 1.76 bits per heavy atom. The number of benzene rings is 3. The number of hydrogen-bond donors (Lipinski definition) is 1. The predicted molar refractivity (Wildman–Crippen MR) is 149 cm³/mol. The Morgan fingerprint density at radius 1 is 1.03 bits per heavy atom. The fourth-order valence-electron chi connectivity index (χ4n) is 4.10. The number of carbonyl (C=O) groups excluding carboxylic acids is 1. The van der Waals surface area contributed by atoms with Crippen LogP contribution in [-0.4, -0.2) is 36.7 Å². The second-order valence-corrected chi connectivity index (χ2v) is 11.4. The fourth-order valence-corrected chi connectivity index (χ4v) is 6.28. The molecule has 194 valence electrons. The molecular weight excluding hydrogens is 520 g/mol. The molecule has 1 amide bonds. The molecule has 2 heterocycles. The molecule has 1 aliphatic rings. The number of para-hydroxylation sites is 1. The van der Waals surface area contributed by atoms with Crippen molar-refractivity contribution in [3.63, 3.8) is 0 Å². The number of carbonyl (C=O) groups is 1. The van der Waals surface area contributed by atoms with Crippen molar-refractivity contribution in [2.45, 2.75) is 30.4 Å². The smallest absolute Gasteiger partial charge is 0.268 e. The van der Waals surface area contributed by atoms with Crippen LogP contribution < -0.4 is 14.4 Å². The molecule has 0 saturated heterocycles. The van der Waals surface area contributed by atoms with Gasteiger partial charge in [-0.15, -0.1) is 0 Å². The Morgan fingerprint density at radius 3 is 2.50 bits per heavy atom. The molecule has 10 heteroatoms. The number of thioether (sulfide) groups is 1. The highest BCUT2D eigenvalue weighted by atomic mass is 32.2. The highest BCUT2D eigenvalue weighted by Gasteiger charge is 2.36. The first-order valence-electron chi connectivity index (χ1n) is 12.1. The lowest BCUT2D eigenvalue weighted by molar-refractivity contribution is -0.113. The molecule has 5 rings (SSSR count). The Balaban J connectivity index is 1.35. The van der Waals surface area contributed by atoms with Crippen LogP contribution in [0.4, 0.5) is 11.4 Å². The number of anilines is 2. The van der Waals surface area contributed by atoms with Crippen molar-refractivity contribution in [2.24, 2.45) is 0 Å². The zero-order chi connectivity index (χ0) is 26.7. The van der Waals surface area contributed by atoms with Crippen molar-refractivity contribution in [3.05, 3.63) is 90.1 Å². The molecule has 38 heavy (non-hydrogen) atoms. The lowest BCUT2D eigenvalue weighted by Crippen LogP contribution is -2.34. The van der Waals surface area contributed by atoms with Gasteiger partial charge >= 0.3 is 0 Å². The summed E-state index contributed by atoms with van der Waals surface area (Å²) in [4.78, 5) is 21.4. The highest BCUT2D eigenvalue weighted by Crippen LogP contribution is 2.42. The second-order valence-electron chi connectivity index (χ2n) is 8.67. The van der Waals surface area contributed by atoms with E-state index in [1.165, 1.54) is 10.5 Å². The Labute approximate surface area is 226 Å². The topological polar surface area (TPSA) is 101 Å². The molecule has 0 aliphatic carbocycles. The summed E-state index contributed by atoms with van der Waals surface area (Å²) in [6.07, 6.45) is 1.34. The number of rotatable bonds is 8. The lowest BCUT2D eigenvalue weighted by Gasteiger charge is -2.31. The van der Waals surface area contributed by atoms with Crippen LogP contribution in [0.1, 0.15) is 18.1 Å². The van der Waals surface area contributed by atoms with E-state index in [1.807, 2.05) is 56.3 Å². The molecule has 3 aromatic carbocycles. The van der Waals surface area contributed by atoms with E-state index in [1.54, 1.807) is 30.3 Å². The summed E-state index contributed by atoms with van der Waals surface area (Å²) in [7, 11) is -3.89. The molecule has 0 radical (unpaired) electrons. The van der Waals surface area contributed by atoms with Gasteiger partial charge in [-0.3, -0.25) is 9.10 Å². The van der Waals surface area contributed by atoms with Crippen LogP contribution in [0.15, 0.2) is 89.0 Å². The number of nitrogens with one attached hydrogen (secondary N) is 1. The maximum Gasteiger partial charge on any atom is 0.268 e. The van der Waals surface area contributed by atoms with E-state index < -0.39 is 10.0 Å². The molecule has 0 saturated carbocycles. The minimum atomic E-state index is -3.89. The standard InChI is InChI=1S/C28H26N4O4S2/c1-3-36-22-14-12-21(13-15-22)30-26(33)18-37-28-29-16-25-27(31-28)23-6-4-5-7-24(23)32(38(25,34)35)17-20-10-8-19(2)9-11-20/h4-16H,3,17-18H2,1-2H3,(H,30,33). The van der Waals surface area contributed by atoms with Crippen molar-refractivity contribution < 1.29 is 17.9 Å². The third kappa shape index (κ3) is 5.36. The summed E-state index contributed by atoms with van der Waals surface area (Å²) in [6.45, 7) is 4.66. The Hall–Kier alpha value is -3.89. The number of nitrogens with zero attached hydrogens (tertiary/aromatic N) is 3. The first-order valence-corrected chi connectivity index (χ1v) is 14.5. The lowest BCUT2D eigenvalue weighted by atomic mass is 10.1. The molecule has 0 atom stereocenters. The number of aromatic nitrogens is 2. The van der Waals surface area contributed by atoms with E-state index in [-0.39, 0.29) is 23.1 Å². The van der Waals surface area contributed by atoms with Gasteiger partial charge in [0.05, 0.1) is 36.5 Å². The van der Waals surface area contributed by atoms with E-state index in [2.05, 4.69) is 15.3 Å². The first-order chi connectivity index (χ1) is 18.3. The Kier molecular flexibility index (Phi) is 7.35. The van der Waals surface area contributed by atoms with Crippen LogP contribution in [0.25, 0.3) is 11.3 Å². The fraction of sp³-hybridized carbons (Fsp3) is 0.179. The maximum atomic E-state index is 13.6. The normalized spacial score (nSPS) is 13.4. The van der Waals surface area contributed by atoms with Gasteiger partial charge in [0, 0.05) is 11.3 Å². The summed E-state index contributed by atoms with van der Waals surface area (Å²) in [5.74, 6) is 0.577. The van der Waals surface area contributed by atoms with Gasteiger partial charge in [-0.25, -0.2) is 18.4 Å². The molecule has 0 unspecified atom stereocenters. The van der Waals surface area contributed by atoms with Crippen LogP contribution in [0.5, 0.6) is 5.75 Å². The van der Waals surface area contributed by atoms with Gasteiger partial charge in [0.25, 0.3) is 10.0 Å². The van der Waals surface area contributed by atoms with Crippen molar-refractivity contribution in [2.75, 3.05) is 22.0 Å². The van der Waals surface area contributed by atoms with Gasteiger partial charge in [-0.1, -0.05) is 59.8 Å². The molecule has 0 fully saturated rings. The number of amides is 1. The minimum absolute atomic E-state index is 0.0477. The van der Waals surface area contributed by atoms with Crippen molar-refractivity contribution in [1.29, 1.82) is 0 Å². The van der Waals surface area contributed by atoms with Gasteiger partial charge in [-0.2, -0.15) is 0 Å². The van der Waals surface area contributed by atoms with Gasteiger partial charge in [0.2, 0.25) is 5.91 Å². The SMILES string of the molecule is CCOc1ccc(NC(=O)CSc2ncc3c(n2)-c2ccccc2N(Cc2ccc(C)cc2)S3(=O)=O)cc1. The van der Waals surface area contributed by atoms with Gasteiger partial charge in [0.1, 0.15) is 10.6 Å². The summed E-state index contributed by atoms with van der Waals surface area (Å²) < 4.78 is 34.1. The molecule has 1 aliphatic heterocycles. The Bertz CT molecular complexity index is 1570. The number of ether oxygens (including phenoxy) is 1. The van der Waals surface area contributed by atoms with Crippen LogP contribution in [0, 0.1) is 6.92 Å². The number of aryl methyl sites for hydroxylation is 1. The highest BCUT2D eigenvalue weighted by molar-refractivity contribution is 7.99. The van der Waals surface area contributed by atoms with Crippen molar-refractivity contribution in [1.82, 2.24) is 9.97 Å². The summed E-state index contributed by atoms with van der Waals surface area (Å²) >= 11 is 1.14. The van der Waals surface area contributed by atoms with Crippen LogP contribution in [0.2, 0.25) is 0 Å². The van der Waals surface area contributed by atoms with Gasteiger partial charge < -0.3 is 10.1 Å². The molecule has 0 bridgehead atoms.